The number of alkyl halides is 3. The molecule has 20 nitrogen and oxygen atoms in total. The monoisotopic (exact) mass is 947 g/mol. The molecule has 0 aliphatic heterocycles. The highest BCUT2D eigenvalue weighted by molar-refractivity contribution is 7.63. The molecule has 1 saturated carbocycles. The van der Waals surface area contributed by atoms with E-state index < -0.39 is 32.9 Å². The van der Waals surface area contributed by atoms with Crippen molar-refractivity contribution in [2.45, 2.75) is 62.9 Å². The van der Waals surface area contributed by atoms with E-state index in [4.69, 9.17) is 14.5 Å². The first-order valence-electron chi connectivity index (χ1n) is 21.1. The molecule has 2 atom stereocenters. The first-order valence-corrected chi connectivity index (χ1v) is 25.1. The van der Waals surface area contributed by atoms with Crippen molar-refractivity contribution in [3.05, 3.63) is 115 Å². The lowest BCUT2D eigenvalue weighted by Crippen LogP contribution is -2.29. The smallest absolute Gasteiger partial charge is 0.330 e. The number of pyridine rings is 2. The number of imidazole rings is 1. The van der Waals surface area contributed by atoms with Crippen molar-refractivity contribution in [3.8, 4) is 22.5 Å². The second-order valence-corrected chi connectivity index (χ2v) is 22.5. The Morgan fingerprint density at radius 3 is 2.03 bits per heavy atom. The molecule has 1 aliphatic rings. The number of fused-ring (bicyclic) bond motifs is 4. The molecule has 0 spiro atoms. The van der Waals surface area contributed by atoms with Crippen LogP contribution in [0.3, 0.4) is 0 Å². The van der Waals surface area contributed by atoms with Gasteiger partial charge >= 0.3 is 5.92 Å². The SMILES string of the molecule is CCP(=O)(Cn1cc(-c2cnc3nnn(Cc4ccc5nc(C6CC(P(=O)(Cn7cc(-c8cnc9nnn(Cc%10ccc%11nccn%11c%10)c9n8)cn7)OC)C6)ccc5c4)c3n2)cn1)C(F)(F)F. The molecule has 1 fully saturated rings. The van der Waals surface area contributed by atoms with Gasteiger partial charge < -0.3 is 13.5 Å². The molecule has 9 aromatic heterocycles. The Balaban J connectivity index is 0.735. The molecule has 25 heteroatoms. The molecule has 340 valence electrons. The van der Waals surface area contributed by atoms with E-state index in [0.29, 0.717) is 71.0 Å². The van der Waals surface area contributed by atoms with Crippen LogP contribution < -0.4 is 0 Å². The number of rotatable bonds is 14. The Morgan fingerprint density at radius 1 is 0.746 bits per heavy atom. The number of nitrogens with zero attached hydrogens (tertiary/aromatic N) is 17. The number of halogens is 3. The normalized spacial score (nSPS) is 17.3. The maximum Gasteiger partial charge on any atom is 0.441 e. The number of hydrogen-bond donors (Lipinski definition) is 0. The van der Waals surface area contributed by atoms with Crippen LogP contribution in [0.25, 0.3) is 61.7 Å². The van der Waals surface area contributed by atoms with Gasteiger partial charge in [0.05, 0.1) is 54.8 Å². The summed E-state index contributed by atoms with van der Waals surface area (Å²) in [6, 6.07) is 13.8. The first-order chi connectivity index (χ1) is 32.3. The molecule has 2 unspecified atom stereocenters. The molecule has 1 aliphatic carbocycles. The maximum atomic E-state index is 14.3. The van der Waals surface area contributed by atoms with Crippen molar-refractivity contribution >= 4 is 53.6 Å². The van der Waals surface area contributed by atoms with Crippen LogP contribution in [0, 0.1) is 0 Å². The minimum Gasteiger partial charge on any atom is -0.330 e. The Hall–Kier alpha value is -7.09. The summed E-state index contributed by atoms with van der Waals surface area (Å²) in [5.74, 6) is -4.71. The topological polar surface area (TPSA) is 222 Å². The largest absolute Gasteiger partial charge is 0.441 e. The Bertz CT molecular complexity index is 3590. The molecule has 0 saturated heterocycles. The van der Waals surface area contributed by atoms with Crippen LogP contribution in [0.4, 0.5) is 13.2 Å². The van der Waals surface area contributed by atoms with Gasteiger partial charge in [0.2, 0.25) is 25.8 Å². The predicted octanol–water partition coefficient (Wildman–Crippen LogP) is 7.46. The molecule has 0 radical (unpaired) electrons. The van der Waals surface area contributed by atoms with Gasteiger partial charge in [0.15, 0.2) is 11.3 Å². The maximum absolute atomic E-state index is 14.3. The lowest BCUT2D eigenvalue weighted by atomic mass is 9.82. The van der Waals surface area contributed by atoms with Gasteiger partial charge in [-0.15, -0.1) is 10.2 Å². The van der Waals surface area contributed by atoms with Gasteiger partial charge in [-0.2, -0.15) is 23.4 Å². The highest BCUT2D eigenvalue weighted by Gasteiger charge is 2.50. The van der Waals surface area contributed by atoms with Gasteiger partial charge in [0.25, 0.3) is 0 Å². The molecule has 9 heterocycles. The molecule has 0 bridgehead atoms. The summed E-state index contributed by atoms with van der Waals surface area (Å²) in [6.45, 7) is 2.00. The van der Waals surface area contributed by atoms with Gasteiger partial charge in [-0.25, -0.2) is 34.3 Å². The molecular formula is C42H38F3N17O3P2. The van der Waals surface area contributed by atoms with E-state index in [1.807, 2.05) is 59.3 Å². The van der Waals surface area contributed by atoms with E-state index in [2.05, 4.69) is 50.8 Å². The van der Waals surface area contributed by atoms with Crippen molar-refractivity contribution in [1.29, 1.82) is 0 Å². The lowest BCUT2D eigenvalue weighted by Gasteiger charge is -2.39. The van der Waals surface area contributed by atoms with Gasteiger partial charge in [0.1, 0.15) is 18.2 Å². The highest BCUT2D eigenvalue weighted by Crippen LogP contribution is 2.63. The third kappa shape index (κ3) is 7.95. The van der Waals surface area contributed by atoms with Crippen LogP contribution in [-0.2, 0) is 39.3 Å². The average molecular weight is 948 g/mol. The van der Waals surface area contributed by atoms with Crippen molar-refractivity contribution in [1.82, 2.24) is 83.9 Å². The average Bonchev–Trinajstić information content (AvgIpc) is 4.18. The zero-order chi connectivity index (χ0) is 46.1. The van der Waals surface area contributed by atoms with Gasteiger partial charge in [-0.1, -0.05) is 35.5 Å². The first kappa shape index (κ1) is 42.5. The van der Waals surface area contributed by atoms with Crippen molar-refractivity contribution < 1.29 is 26.8 Å². The predicted molar refractivity (Wildman–Crippen MR) is 238 cm³/mol. The zero-order valence-corrected chi connectivity index (χ0v) is 37.5. The van der Waals surface area contributed by atoms with Crippen LogP contribution in [0.2, 0.25) is 0 Å². The molecule has 0 N–H and O–H groups in total. The summed E-state index contributed by atoms with van der Waals surface area (Å²) in [7, 11) is -6.18. The summed E-state index contributed by atoms with van der Waals surface area (Å²) in [6.07, 6.45) is 15.0. The zero-order valence-electron chi connectivity index (χ0n) is 35.7. The van der Waals surface area contributed by atoms with Crippen molar-refractivity contribution in [3.63, 3.8) is 0 Å². The summed E-state index contributed by atoms with van der Waals surface area (Å²) < 4.78 is 81.0. The molecule has 1 aromatic carbocycles. The molecule has 67 heavy (non-hydrogen) atoms. The van der Waals surface area contributed by atoms with Crippen LogP contribution in [0.5, 0.6) is 0 Å². The fraction of sp³-hybridized carbons (Fsp3) is 0.286. The molecule has 11 rings (SSSR count). The molecule has 0 amide bonds. The Morgan fingerprint density at radius 2 is 1.39 bits per heavy atom. The summed E-state index contributed by atoms with van der Waals surface area (Å²) in [5, 5.41) is 26.3. The number of hydrogen-bond acceptors (Lipinski definition) is 15. The minimum absolute atomic E-state index is 0.105. The summed E-state index contributed by atoms with van der Waals surface area (Å²) in [5.41, 5.74) is 7.97. The highest BCUT2D eigenvalue weighted by atomic mass is 31.2. The number of benzene rings is 1. The fourth-order valence-electron chi connectivity index (χ4n) is 8.34. The van der Waals surface area contributed by atoms with Crippen molar-refractivity contribution in [2.24, 2.45) is 0 Å². The van der Waals surface area contributed by atoms with E-state index >= 15 is 0 Å². The fourth-order valence-corrected chi connectivity index (χ4v) is 12.0. The summed E-state index contributed by atoms with van der Waals surface area (Å²) in [4.78, 5) is 27.6. The minimum atomic E-state index is -4.82. The molecular weight excluding hydrogens is 910 g/mol. The Kier molecular flexibility index (Phi) is 10.4. The summed E-state index contributed by atoms with van der Waals surface area (Å²) >= 11 is 0. The van der Waals surface area contributed by atoms with E-state index in [9.17, 15) is 22.3 Å². The van der Waals surface area contributed by atoms with Gasteiger partial charge in [-0.3, -0.25) is 18.9 Å². The van der Waals surface area contributed by atoms with Crippen LogP contribution in [0.1, 0.15) is 42.5 Å². The lowest BCUT2D eigenvalue weighted by molar-refractivity contribution is -0.0474. The van der Waals surface area contributed by atoms with E-state index in [-0.39, 0.29) is 17.9 Å². The molecule has 10 aromatic rings. The van der Waals surface area contributed by atoms with Gasteiger partial charge in [-0.05, 0) is 48.2 Å². The second-order valence-electron chi connectivity index (χ2n) is 16.5. The van der Waals surface area contributed by atoms with Crippen LogP contribution >= 0.6 is 14.5 Å². The standard InChI is InChI=1S/C42H38F3N17O3P2/c1-3-66(63,42(43,44)45)24-59-22-30(15-49-59)35-17-47-38-40(52-35)61(56-54-38)20-26-4-7-33-28(12-26)6-8-34(51-33)29-13-32(14-29)67(64,65-2)25-60-23-31(16-50-60)36-18-48-39-41(53-36)62(57-55-39)21-27-5-9-37-46-10-11-58(37)19-27/h4-12,15-19,22-23,29,32H,3,13-14,20-21,24-25H2,1-2H3. The van der Waals surface area contributed by atoms with Gasteiger partial charge in [0, 0.05) is 78.0 Å². The quantitative estimate of drug-likeness (QED) is 0.0965. The van der Waals surface area contributed by atoms with E-state index in [1.54, 1.807) is 38.8 Å². The van der Waals surface area contributed by atoms with Crippen LogP contribution in [-0.4, -0.2) is 109 Å². The third-order valence-electron chi connectivity index (χ3n) is 12.3. The third-order valence-corrected chi connectivity index (χ3v) is 17.8. The van der Waals surface area contributed by atoms with E-state index in [1.165, 1.54) is 32.6 Å². The second kappa shape index (κ2) is 16.4. The Labute approximate surface area is 377 Å². The van der Waals surface area contributed by atoms with Crippen LogP contribution in [0.15, 0.2) is 98.2 Å². The number of aromatic nitrogens is 17. The van der Waals surface area contributed by atoms with Crippen molar-refractivity contribution in [2.75, 3.05) is 13.3 Å². The van der Waals surface area contributed by atoms with E-state index in [0.717, 1.165) is 38.1 Å².